The zero-order valence-electron chi connectivity index (χ0n) is 16.1. The van der Waals surface area contributed by atoms with Gasteiger partial charge in [0.1, 0.15) is 10.8 Å². The fraction of sp³-hybridized carbons (Fsp3) is 0.130. The molecule has 0 aliphatic carbocycles. The monoisotopic (exact) mass is 405 g/mol. The van der Waals surface area contributed by atoms with Gasteiger partial charge in [0.15, 0.2) is 5.78 Å². The van der Waals surface area contributed by atoms with Crippen LogP contribution in [0.2, 0.25) is 0 Å². The first-order chi connectivity index (χ1) is 13.9. The van der Waals surface area contributed by atoms with E-state index in [-0.39, 0.29) is 23.2 Å². The maximum Gasteiger partial charge on any atom is 0.275 e. The van der Waals surface area contributed by atoms with Gasteiger partial charge in [0.05, 0.1) is 13.1 Å². The van der Waals surface area contributed by atoms with Crippen LogP contribution in [0.25, 0.3) is 13.2 Å². The molecule has 3 rings (SSSR count). The van der Waals surface area contributed by atoms with E-state index >= 15 is 0 Å². The zero-order valence-corrected chi connectivity index (χ0v) is 17.0. The fourth-order valence-corrected chi connectivity index (χ4v) is 3.10. The van der Waals surface area contributed by atoms with Crippen LogP contribution in [0.3, 0.4) is 0 Å². The average molecular weight is 406 g/mol. The van der Waals surface area contributed by atoms with E-state index in [9.17, 15) is 9.59 Å². The molecule has 0 saturated heterocycles. The Kier molecular flexibility index (Phi) is 6.24. The van der Waals surface area contributed by atoms with Crippen LogP contribution in [0.1, 0.15) is 15.9 Å². The number of hydrogen-bond acceptors (Lipinski definition) is 4. The third kappa shape index (κ3) is 4.60. The summed E-state index contributed by atoms with van der Waals surface area (Å²) in [5.74, 6) is 0.397. The molecule has 0 fully saturated rings. The number of carbonyl (C=O) groups excluding carboxylic acids is 1. The molecule has 0 aliphatic heterocycles. The summed E-state index contributed by atoms with van der Waals surface area (Å²) in [6, 6.07) is 16.7. The number of rotatable bonds is 8. The van der Waals surface area contributed by atoms with E-state index in [1.54, 1.807) is 21.3 Å². The number of carbonyl (C=O) groups is 1. The molecule has 0 amide bonds. The molecule has 29 heavy (non-hydrogen) atoms. The number of nitrogens with zero attached hydrogens (tertiary/aromatic N) is 2. The van der Waals surface area contributed by atoms with Crippen LogP contribution in [-0.4, -0.2) is 20.7 Å². The summed E-state index contributed by atoms with van der Waals surface area (Å²) >= 11 is 4.16. The Bertz CT molecular complexity index is 1190. The second-order valence-corrected chi connectivity index (χ2v) is 7.03. The topological polar surface area (TPSA) is 56.0 Å². The van der Waals surface area contributed by atoms with Gasteiger partial charge in [-0.05, 0) is 29.8 Å². The van der Waals surface area contributed by atoms with Gasteiger partial charge in [-0.15, -0.1) is 0 Å². The van der Waals surface area contributed by atoms with E-state index in [0.717, 1.165) is 16.9 Å². The van der Waals surface area contributed by atoms with Crippen molar-refractivity contribution < 1.29 is 4.79 Å². The largest absolute Gasteiger partial charge is 0.359 e. The Morgan fingerprint density at radius 1 is 1.00 bits per heavy atom. The Morgan fingerprint density at radius 2 is 1.66 bits per heavy atom. The first-order valence-corrected chi connectivity index (χ1v) is 9.74. The number of anilines is 1. The summed E-state index contributed by atoms with van der Waals surface area (Å²) < 4.78 is 3.11. The molecule has 0 unspecified atom stereocenters. The maximum absolute atomic E-state index is 12.7. The number of thiol groups is 1. The van der Waals surface area contributed by atoms with Crippen molar-refractivity contribution in [1.82, 2.24) is 9.13 Å². The highest BCUT2D eigenvalue weighted by atomic mass is 32.1. The smallest absolute Gasteiger partial charge is 0.275 e. The lowest BCUT2D eigenvalue weighted by molar-refractivity contribution is 0.0970. The lowest BCUT2D eigenvalue weighted by Gasteiger charge is -2.08. The van der Waals surface area contributed by atoms with Crippen molar-refractivity contribution in [1.29, 1.82) is 0 Å². The number of hydrogen-bond donors (Lipinski definition) is 2. The minimum absolute atomic E-state index is 0.00478. The first kappa shape index (κ1) is 20.5. The Hall–Kier alpha value is -3.25. The van der Waals surface area contributed by atoms with Crippen molar-refractivity contribution in [3.63, 3.8) is 0 Å². The van der Waals surface area contributed by atoms with Crippen LogP contribution in [0.15, 0.2) is 71.7 Å². The molecule has 0 atom stereocenters. The molecule has 1 heterocycles. The molecule has 1 aromatic heterocycles. The molecular formula is C23H23N3O2S. The fourth-order valence-electron chi connectivity index (χ4n) is 3.02. The van der Waals surface area contributed by atoms with Crippen molar-refractivity contribution in [3.05, 3.63) is 99.2 Å². The maximum atomic E-state index is 12.7. The Balaban J connectivity index is 1.81. The van der Waals surface area contributed by atoms with E-state index in [4.69, 9.17) is 0 Å². The van der Waals surface area contributed by atoms with E-state index in [1.165, 1.54) is 0 Å². The Morgan fingerprint density at radius 3 is 2.28 bits per heavy atom. The molecule has 0 aliphatic rings. The summed E-state index contributed by atoms with van der Waals surface area (Å²) in [5.41, 5.74) is 3.35. The van der Waals surface area contributed by atoms with E-state index in [2.05, 4.69) is 37.7 Å². The lowest BCUT2D eigenvalue weighted by Crippen LogP contribution is -2.32. The molecular weight excluding hydrogens is 382 g/mol. The van der Waals surface area contributed by atoms with E-state index < -0.39 is 0 Å². The van der Waals surface area contributed by atoms with Gasteiger partial charge < -0.3 is 9.88 Å². The van der Waals surface area contributed by atoms with Gasteiger partial charge in [-0.3, -0.25) is 14.2 Å². The van der Waals surface area contributed by atoms with Gasteiger partial charge in [-0.25, -0.2) is 0 Å². The molecule has 6 heteroatoms. The second kappa shape index (κ2) is 8.84. The molecule has 5 nitrogen and oxygen atoms in total. The average Bonchev–Trinajstić information content (AvgIpc) is 2.93. The highest BCUT2D eigenvalue weighted by molar-refractivity contribution is 7.80. The molecule has 0 spiro atoms. The van der Waals surface area contributed by atoms with Gasteiger partial charge >= 0.3 is 0 Å². The first-order valence-electron chi connectivity index (χ1n) is 9.10. The standard InChI is InChI=1S/C23H23N3O2S/c1-16(15-29)24-21-11-9-20(10-12-21)22(27)14-25-17(2)23(28)26(18(25)3)13-19-7-5-4-6-8-19/h4-12,24,29H,1-3,13-15H2. The van der Waals surface area contributed by atoms with Crippen LogP contribution in [0.4, 0.5) is 5.69 Å². The number of Topliss-reactive ketones (excluding diaryl/α,β-unsaturated/α-hetero) is 1. The molecule has 0 radical (unpaired) electrons. The van der Waals surface area contributed by atoms with Crippen LogP contribution in [-0.2, 0) is 13.1 Å². The molecule has 0 saturated carbocycles. The van der Waals surface area contributed by atoms with E-state index in [0.29, 0.717) is 23.3 Å². The number of nitrogens with one attached hydrogen (secondary N) is 1. The van der Waals surface area contributed by atoms with Gasteiger partial charge in [0.2, 0.25) is 0 Å². The van der Waals surface area contributed by atoms with Gasteiger partial charge in [-0.1, -0.05) is 50.1 Å². The predicted octanol–water partition coefficient (Wildman–Crippen LogP) is 2.26. The van der Waals surface area contributed by atoms with Crippen LogP contribution >= 0.6 is 12.6 Å². The summed E-state index contributed by atoms with van der Waals surface area (Å²) in [5, 5.41) is 3.36. The van der Waals surface area contributed by atoms with Crippen molar-refractivity contribution in [2.24, 2.45) is 0 Å². The minimum atomic E-state index is -0.239. The van der Waals surface area contributed by atoms with Gasteiger partial charge in [-0.2, -0.15) is 12.6 Å². The number of aromatic nitrogens is 2. The number of ketones is 1. The van der Waals surface area contributed by atoms with Crippen molar-refractivity contribution >= 4 is 37.3 Å². The second-order valence-electron chi connectivity index (χ2n) is 6.71. The van der Waals surface area contributed by atoms with Crippen LogP contribution in [0, 0.1) is 0 Å². The molecule has 3 aromatic rings. The Labute approximate surface area is 174 Å². The third-order valence-electron chi connectivity index (χ3n) is 4.65. The van der Waals surface area contributed by atoms with Crippen LogP contribution < -0.4 is 21.7 Å². The van der Waals surface area contributed by atoms with Crippen molar-refractivity contribution in [2.75, 3.05) is 11.1 Å². The zero-order chi connectivity index (χ0) is 21.0. The summed E-state index contributed by atoms with van der Waals surface area (Å²) in [7, 11) is 0. The normalized spacial score (nSPS) is 10.7. The number of benzene rings is 2. The van der Waals surface area contributed by atoms with Gasteiger partial charge in [0, 0.05) is 22.7 Å². The molecule has 1 N–H and O–H groups in total. The number of imidazole rings is 1. The highest BCUT2D eigenvalue weighted by Crippen LogP contribution is 2.12. The molecule has 2 aromatic carbocycles. The predicted molar refractivity (Wildman–Crippen MR) is 122 cm³/mol. The summed E-state index contributed by atoms with van der Waals surface area (Å²) in [6.45, 7) is 12.1. The lowest BCUT2D eigenvalue weighted by atomic mass is 10.1. The minimum Gasteiger partial charge on any atom is -0.359 e. The molecule has 0 bridgehead atoms. The van der Waals surface area contributed by atoms with Crippen LogP contribution in [0.5, 0.6) is 0 Å². The summed E-state index contributed by atoms with van der Waals surface area (Å²) in [4.78, 5) is 25.4. The SMILES string of the molecule is C=C(CS)Nc1ccc(C(=O)Cn2c(=C)c(=O)n(Cc3ccccc3)c2=C)cc1. The van der Waals surface area contributed by atoms with Gasteiger partial charge in [0.25, 0.3) is 5.56 Å². The quantitative estimate of drug-likeness (QED) is 0.447. The summed E-state index contributed by atoms with van der Waals surface area (Å²) in [6.07, 6.45) is 0. The van der Waals surface area contributed by atoms with Crippen molar-refractivity contribution in [3.8, 4) is 0 Å². The van der Waals surface area contributed by atoms with Crippen molar-refractivity contribution in [2.45, 2.75) is 13.1 Å². The highest BCUT2D eigenvalue weighted by Gasteiger charge is 2.13. The molecule has 148 valence electrons. The van der Waals surface area contributed by atoms with E-state index in [1.807, 2.05) is 42.5 Å². The third-order valence-corrected chi connectivity index (χ3v) is 5.03.